The molecule has 35 heavy (non-hydrogen) atoms. The van der Waals surface area contributed by atoms with E-state index in [1.165, 1.54) is 18.2 Å². The van der Waals surface area contributed by atoms with Crippen LogP contribution < -0.4 is 0 Å². The average Bonchev–Trinajstić information content (AvgIpc) is 2.99. The van der Waals surface area contributed by atoms with Gasteiger partial charge in [-0.1, -0.05) is 49.4 Å². The Kier molecular flexibility index (Phi) is 5.83. The Morgan fingerprint density at radius 3 is 2.63 bits per heavy atom. The number of alkyl halides is 3. The maximum Gasteiger partial charge on any atom is 0.281 e. The first kappa shape index (κ1) is 25.9. The second-order valence-electron chi connectivity index (χ2n) is 11.6. The highest BCUT2D eigenvalue weighted by Gasteiger charge is 2.80. The molecular formula is C26H33F2IO6. The molecule has 1 saturated heterocycles. The predicted octanol–water partition coefficient (Wildman–Crippen LogP) is 3.77. The van der Waals surface area contributed by atoms with Crippen molar-refractivity contribution in [2.75, 3.05) is 6.61 Å². The molecular weight excluding hydrogens is 573 g/mol. The molecule has 0 radical (unpaired) electrons. The second kappa shape index (κ2) is 7.88. The summed E-state index contributed by atoms with van der Waals surface area (Å²) in [7, 11) is 0. The molecule has 5 aliphatic rings. The van der Waals surface area contributed by atoms with Gasteiger partial charge in [-0.25, -0.2) is 8.78 Å². The molecule has 0 aromatic rings. The Morgan fingerprint density at radius 1 is 1.29 bits per heavy atom. The van der Waals surface area contributed by atoms with Crippen molar-refractivity contribution in [1.82, 2.24) is 0 Å². The van der Waals surface area contributed by atoms with Gasteiger partial charge in [0.2, 0.25) is 0 Å². The minimum absolute atomic E-state index is 0.0577. The van der Waals surface area contributed by atoms with Crippen LogP contribution in [0.15, 0.2) is 23.8 Å². The van der Waals surface area contributed by atoms with Gasteiger partial charge in [-0.05, 0) is 55.7 Å². The van der Waals surface area contributed by atoms with Crippen LogP contribution in [0, 0.1) is 28.6 Å². The highest BCUT2D eigenvalue weighted by Crippen LogP contribution is 2.73. The summed E-state index contributed by atoms with van der Waals surface area (Å²) in [4.78, 5) is 25.6. The maximum absolute atomic E-state index is 17.5. The first-order chi connectivity index (χ1) is 16.2. The van der Waals surface area contributed by atoms with Crippen molar-refractivity contribution in [1.29, 1.82) is 0 Å². The lowest BCUT2D eigenvalue weighted by atomic mass is 9.44. The molecule has 0 aromatic carbocycles. The summed E-state index contributed by atoms with van der Waals surface area (Å²) in [5.41, 5.74) is -6.27. The van der Waals surface area contributed by atoms with Crippen LogP contribution >= 0.6 is 22.6 Å². The number of ether oxygens (including phenoxy) is 2. The molecule has 5 rings (SSSR count). The molecule has 194 valence electrons. The van der Waals surface area contributed by atoms with Crippen LogP contribution in [0.3, 0.4) is 0 Å². The van der Waals surface area contributed by atoms with E-state index in [0.29, 0.717) is 12.8 Å². The van der Waals surface area contributed by atoms with Crippen LogP contribution in [0.5, 0.6) is 0 Å². The van der Waals surface area contributed by atoms with Gasteiger partial charge in [0.25, 0.3) is 5.97 Å². The van der Waals surface area contributed by atoms with Gasteiger partial charge in [0, 0.05) is 23.2 Å². The number of aliphatic hydroxyl groups is 2. The zero-order valence-electron chi connectivity index (χ0n) is 20.4. The summed E-state index contributed by atoms with van der Waals surface area (Å²) in [6.45, 7) is 6.72. The molecule has 4 aliphatic carbocycles. The molecule has 4 fully saturated rings. The number of ketones is 2. The standard InChI is InChI=1S/C26H33F2IO6/c1-5-7-24(33)34-12-18(32)26(35-24)13(2)9-15-19-21(29)20(27)16-10-14(30)6-8-22(16,3)25(19,28)17(31)11-23(15,26)4/h6,8,10,13,15,17,19-21,31,33H,5,7,9,11-12H2,1-4H3/t13-,15+,17+,19-,20+,21+,22+,23+,24?,25-,26+/m1/s1. The minimum Gasteiger partial charge on any atom is -0.390 e. The van der Waals surface area contributed by atoms with Crippen LogP contribution in [0.1, 0.15) is 53.4 Å². The fourth-order valence-electron chi connectivity index (χ4n) is 8.34. The molecule has 1 unspecified atom stereocenters. The van der Waals surface area contributed by atoms with Gasteiger partial charge in [-0.3, -0.25) is 9.59 Å². The fourth-order valence-corrected chi connectivity index (χ4v) is 9.75. The molecule has 0 bridgehead atoms. The lowest BCUT2D eigenvalue weighted by Gasteiger charge is -2.65. The maximum atomic E-state index is 17.5. The van der Waals surface area contributed by atoms with E-state index in [1.54, 1.807) is 6.92 Å². The number of carbonyl (C=O) groups excluding carboxylic acids is 2. The first-order valence-corrected chi connectivity index (χ1v) is 13.7. The molecule has 1 heterocycles. The minimum atomic E-state index is -2.26. The number of carbonyl (C=O) groups is 2. The smallest absolute Gasteiger partial charge is 0.281 e. The molecule has 0 aromatic heterocycles. The van der Waals surface area contributed by atoms with Crippen LogP contribution in [-0.4, -0.2) is 61.8 Å². The summed E-state index contributed by atoms with van der Waals surface area (Å²) >= 11 is 1.91. The van der Waals surface area contributed by atoms with E-state index in [9.17, 15) is 19.8 Å². The molecule has 3 saturated carbocycles. The molecule has 11 atom stereocenters. The van der Waals surface area contributed by atoms with Crippen molar-refractivity contribution in [3.05, 3.63) is 23.8 Å². The first-order valence-electron chi connectivity index (χ1n) is 12.4. The van der Waals surface area contributed by atoms with E-state index < -0.39 is 67.8 Å². The monoisotopic (exact) mass is 606 g/mol. The van der Waals surface area contributed by atoms with Crippen molar-refractivity contribution in [2.24, 2.45) is 28.6 Å². The number of aliphatic hydroxyl groups excluding tert-OH is 1. The topological polar surface area (TPSA) is 93.1 Å². The van der Waals surface area contributed by atoms with Gasteiger partial charge < -0.3 is 19.7 Å². The average molecular weight is 606 g/mol. The normalized spacial score (nSPS) is 55.4. The van der Waals surface area contributed by atoms with Gasteiger partial charge in [0.15, 0.2) is 17.2 Å². The van der Waals surface area contributed by atoms with Gasteiger partial charge in [0.1, 0.15) is 18.4 Å². The zero-order chi connectivity index (χ0) is 25.8. The SMILES string of the molecule is CCCC1(O)OCC(=O)[C@@]2(O1)[C@H](C)C[C@H]1[C@@H]3[C@H](I)[C@@H](F)C4=CC(=O)C=C[C@]4(C)[C@@]3(F)[C@@H](O)C[C@@]12C. The predicted molar refractivity (Wildman–Crippen MR) is 131 cm³/mol. The lowest BCUT2D eigenvalue weighted by Crippen LogP contribution is -2.74. The third kappa shape index (κ3) is 2.99. The van der Waals surface area contributed by atoms with Crippen LogP contribution in [0.4, 0.5) is 8.78 Å². The third-order valence-corrected chi connectivity index (χ3v) is 11.3. The van der Waals surface area contributed by atoms with Gasteiger partial charge >= 0.3 is 0 Å². The third-order valence-electron chi connectivity index (χ3n) is 9.91. The fraction of sp³-hybridized carbons (Fsp3) is 0.769. The molecule has 9 heteroatoms. The summed E-state index contributed by atoms with van der Waals surface area (Å²) in [5.74, 6) is -4.58. The highest BCUT2D eigenvalue weighted by atomic mass is 127. The summed E-state index contributed by atoms with van der Waals surface area (Å²) < 4.78 is 44.2. The summed E-state index contributed by atoms with van der Waals surface area (Å²) in [6.07, 6.45) is 1.65. The van der Waals surface area contributed by atoms with Crippen molar-refractivity contribution in [2.45, 2.75) is 86.8 Å². The quantitative estimate of drug-likeness (QED) is 0.368. The molecule has 1 spiro atoms. The van der Waals surface area contributed by atoms with Crippen LogP contribution in [0.2, 0.25) is 0 Å². The Morgan fingerprint density at radius 2 is 1.97 bits per heavy atom. The van der Waals surface area contributed by atoms with Crippen molar-refractivity contribution < 1.29 is 38.1 Å². The summed E-state index contributed by atoms with van der Waals surface area (Å²) in [5, 5.41) is 22.6. The Labute approximate surface area is 217 Å². The van der Waals surface area contributed by atoms with Crippen molar-refractivity contribution >= 4 is 34.2 Å². The lowest BCUT2D eigenvalue weighted by molar-refractivity contribution is -0.423. The number of Topliss-reactive ketones (excluding diaryl/α,β-unsaturated/α-hetero) is 1. The van der Waals surface area contributed by atoms with Crippen LogP contribution in [-0.2, 0) is 19.1 Å². The number of hydrogen-bond donors (Lipinski definition) is 2. The Hall–Kier alpha value is -0.750. The zero-order valence-corrected chi connectivity index (χ0v) is 22.6. The number of halogens is 3. The largest absolute Gasteiger partial charge is 0.390 e. The Bertz CT molecular complexity index is 1030. The van der Waals surface area contributed by atoms with Gasteiger partial charge in [-0.2, -0.15) is 0 Å². The van der Waals surface area contributed by atoms with E-state index in [-0.39, 0.29) is 30.8 Å². The number of rotatable bonds is 2. The molecule has 2 N–H and O–H groups in total. The molecule has 0 amide bonds. The second-order valence-corrected chi connectivity index (χ2v) is 13.0. The number of fused-ring (bicyclic) bond motifs is 6. The van der Waals surface area contributed by atoms with E-state index in [4.69, 9.17) is 9.47 Å². The molecule has 1 aliphatic heterocycles. The van der Waals surface area contributed by atoms with Gasteiger partial charge in [0.05, 0.1) is 10.0 Å². The number of hydrogen-bond acceptors (Lipinski definition) is 6. The van der Waals surface area contributed by atoms with E-state index in [1.807, 2.05) is 43.4 Å². The summed E-state index contributed by atoms with van der Waals surface area (Å²) in [6, 6.07) is 0. The Balaban J connectivity index is 1.66. The highest BCUT2D eigenvalue weighted by molar-refractivity contribution is 14.1. The van der Waals surface area contributed by atoms with Crippen molar-refractivity contribution in [3.63, 3.8) is 0 Å². The van der Waals surface area contributed by atoms with Gasteiger partial charge in [-0.15, -0.1) is 0 Å². The molecule has 6 nitrogen and oxygen atoms in total. The van der Waals surface area contributed by atoms with Crippen molar-refractivity contribution in [3.8, 4) is 0 Å². The number of allylic oxidation sites excluding steroid dienone is 4. The van der Waals surface area contributed by atoms with E-state index >= 15 is 8.78 Å². The van der Waals surface area contributed by atoms with E-state index in [0.717, 1.165) is 0 Å². The van der Waals surface area contributed by atoms with Crippen LogP contribution in [0.25, 0.3) is 0 Å². The van der Waals surface area contributed by atoms with E-state index in [2.05, 4.69) is 0 Å².